The summed E-state index contributed by atoms with van der Waals surface area (Å²) in [6.45, 7) is 14.6. The van der Waals surface area contributed by atoms with Gasteiger partial charge in [0.05, 0.1) is 12.1 Å². The molecule has 2 nitrogen and oxygen atoms in total. The van der Waals surface area contributed by atoms with Crippen molar-refractivity contribution >= 4 is 10.9 Å². The van der Waals surface area contributed by atoms with Crippen molar-refractivity contribution in [3.05, 3.63) is 33.5 Å². The van der Waals surface area contributed by atoms with Crippen molar-refractivity contribution in [2.24, 2.45) is 7.05 Å². The predicted octanol–water partition coefficient (Wildman–Crippen LogP) is 4.26. The van der Waals surface area contributed by atoms with E-state index in [0.717, 1.165) is 6.61 Å². The molecule has 1 heterocycles. The Bertz CT molecular complexity index is 584. The van der Waals surface area contributed by atoms with Crippen LogP contribution in [-0.4, -0.2) is 11.2 Å². The Morgan fingerprint density at radius 2 is 1.42 bits per heavy atom. The quantitative estimate of drug-likeness (QED) is 0.803. The van der Waals surface area contributed by atoms with Gasteiger partial charge in [-0.25, -0.2) is 0 Å². The van der Waals surface area contributed by atoms with Crippen LogP contribution < -0.4 is 0 Å². The zero-order valence-corrected chi connectivity index (χ0v) is 13.3. The molecule has 0 bridgehead atoms. The first kappa shape index (κ1) is 14.1. The van der Waals surface area contributed by atoms with Crippen LogP contribution in [0.3, 0.4) is 0 Å². The molecule has 0 amide bonds. The Hall–Kier alpha value is -1.28. The second-order valence-corrected chi connectivity index (χ2v) is 5.49. The first-order chi connectivity index (χ1) is 8.91. The Morgan fingerprint density at radius 1 is 0.842 bits per heavy atom. The highest BCUT2D eigenvalue weighted by molar-refractivity contribution is 5.92. The van der Waals surface area contributed by atoms with Gasteiger partial charge in [0.15, 0.2) is 0 Å². The van der Waals surface area contributed by atoms with Crippen LogP contribution in [0.2, 0.25) is 0 Å². The number of hydrogen-bond donors (Lipinski definition) is 0. The van der Waals surface area contributed by atoms with Crippen molar-refractivity contribution in [1.82, 2.24) is 4.57 Å². The van der Waals surface area contributed by atoms with E-state index in [4.69, 9.17) is 4.74 Å². The maximum Gasteiger partial charge on any atom is 0.0870 e. The number of aryl methyl sites for hydroxylation is 4. The Kier molecular flexibility index (Phi) is 3.73. The van der Waals surface area contributed by atoms with Crippen molar-refractivity contribution in [3.63, 3.8) is 0 Å². The molecule has 0 aliphatic rings. The molecule has 0 atom stereocenters. The smallest absolute Gasteiger partial charge is 0.0870 e. The maximum absolute atomic E-state index is 5.63. The molecule has 0 N–H and O–H groups in total. The van der Waals surface area contributed by atoms with Crippen molar-refractivity contribution in [3.8, 4) is 0 Å². The first-order valence-corrected chi connectivity index (χ1v) is 7.03. The number of rotatable bonds is 3. The van der Waals surface area contributed by atoms with Gasteiger partial charge in [0.25, 0.3) is 0 Å². The van der Waals surface area contributed by atoms with Gasteiger partial charge in [0.2, 0.25) is 0 Å². The van der Waals surface area contributed by atoms with Crippen molar-refractivity contribution in [1.29, 1.82) is 0 Å². The van der Waals surface area contributed by atoms with Crippen LogP contribution in [0.4, 0.5) is 0 Å². The lowest BCUT2D eigenvalue weighted by molar-refractivity contribution is 0.129. The zero-order chi connectivity index (χ0) is 14.3. The molecular weight excluding hydrogens is 234 g/mol. The van der Waals surface area contributed by atoms with Gasteiger partial charge >= 0.3 is 0 Å². The monoisotopic (exact) mass is 259 g/mol. The third kappa shape index (κ3) is 1.99. The topological polar surface area (TPSA) is 14.2 Å². The van der Waals surface area contributed by atoms with Crippen LogP contribution in [0, 0.1) is 34.6 Å². The summed E-state index contributed by atoms with van der Waals surface area (Å²) in [5.41, 5.74) is 9.67. The third-order valence-electron chi connectivity index (χ3n) is 4.65. The normalized spacial score (nSPS) is 11.5. The lowest BCUT2D eigenvalue weighted by Gasteiger charge is -2.13. The largest absolute Gasteiger partial charge is 0.376 e. The van der Waals surface area contributed by atoms with E-state index >= 15 is 0 Å². The fourth-order valence-corrected chi connectivity index (χ4v) is 3.11. The Morgan fingerprint density at radius 3 is 2.00 bits per heavy atom. The molecule has 1 aromatic carbocycles. The fraction of sp³-hybridized carbons (Fsp3) is 0.529. The van der Waals surface area contributed by atoms with E-state index in [1.807, 2.05) is 6.92 Å². The van der Waals surface area contributed by atoms with Gasteiger partial charge < -0.3 is 9.30 Å². The third-order valence-corrected chi connectivity index (χ3v) is 4.65. The van der Waals surface area contributed by atoms with Gasteiger partial charge in [0, 0.05) is 24.7 Å². The minimum atomic E-state index is 0.699. The number of hydrogen-bond acceptors (Lipinski definition) is 1. The summed E-state index contributed by atoms with van der Waals surface area (Å²) in [5.74, 6) is 0. The van der Waals surface area contributed by atoms with Gasteiger partial charge in [-0.3, -0.25) is 0 Å². The highest BCUT2D eigenvalue weighted by Crippen LogP contribution is 2.34. The Balaban J connectivity index is 2.84. The number of nitrogens with zero attached hydrogens (tertiary/aromatic N) is 1. The molecule has 19 heavy (non-hydrogen) atoms. The molecule has 1 aromatic heterocycles. The highest BCUT2D eigenvalue weighted by atomic mass is 16.5. The predicted molar refractivity (Wildman–Crippen MR) is 81.9 cm³/mol. The van der Waals surface area contributed by atoms with E-state index in [9.17, 15) is 0 Å². The minimum Gasteiger partial charge on any atom is -0.376 e. The molecule has 0 saturated carbocycles. The summed E-state index contributed by atoms with van der Waals surface area (Å²) >= 11 is 0. The number of ether oxygens (including phenoxy) is 1. The molecular formula is C17H25NO. The van der Waals surface area contributed by atoms with E-state index in [-0.39, 0.29) is 0 Å². The second-order valence-electron chi connectivity index (χ2n) is 5.49. The Labute approximate surface area is 116 Å². The molecule has 0 aliphatic heterocycles. The second kappa shape index (κ2) is 5.01. The maximum atomic E-state index is 5.63. The van der Waals surface area contributed by atoms with Crippen molar-refractivity contribution in [2.45, 2.75) is 48.1 Å². The molecule has 2 rings (SSSR count). The number of benzene rings is 1. The molecule has 0 aliphatic carbocycles. The molecule has 0 radical (unpaired) electrons. The lowest BCUT2D eigenvalue weighted by atomic mass is 9.94. The van der Waals surface area contributed by atoms with E-state index in [0.29, 0.717) is 6.61 Å². The first-order valence-electron chi connectivity index (χ1n) is 7.03. The van der Waals surface area contributed by atoms with Crippen LogP contribution >= 0.6 is 0 Å². The minimum absolute atomic E-state index is 0.699. The van der Waals surface area contributed by atoms with Crippen LogP contribution in [0.1, 0.15) is 40.4 Å². The summed E-state index contributed by atoms with van der Waals surface area (Å²) in [5, 5.41) is 1.41. The molecule has 2 heteroatoms. The molecule has 0 spiro atoms. The average molecular weight is 259 g/mol. The SMILES string of the molecule is CCOCc1c(C)c2c(C)c(C)c(C)c(C)c2n1C. The van der Waals surface area contributed by atoms with Crippen molar-refractivity contribution in [2.75, 3.05) is 6.61 Å². The van der Waals surface area contributed by atoms with Crippen LogP contribution in [0.5, 0.6) is 0 Å². The van der Waals surface area contributed by atoms with Gasteiger partial charge in [-0.15, -0.1) is 0 Å². The molecule has 104 valence electrons. The average Bonchev–Trinajstić information content (AvgIpc) is 2.63. The van der Waals surface area contributed by atoms with Crippen LogP contribution in [0.25, 0.3) is 10.9 Å². The number of fused-ring (bicyclic) bond motifs is 1. The van der Waals surface area contributed by atoms with Gasteiger partial charge in [-0.2, -0.15) is 0 Å². The van der Waals surface area contributed by atoms with E-state index in [1.54, 1.807) is 0 Å². The molecule has 0 saturated heterocycles. The zero-order valence-electron chi connectivity index (χ0n) is 13.3. The van der Waals surface area contributed by atoms with Gasteiger partial charge in [0.1, 0.15) is 0 Å². The fourth-order valence-electron chi connectivity index (χ4n) is 3.11. The summed E-state index contributed by atoms with van der Waals surface area (Å²) < 4.78 is 7.94. The summed E-state index contributed by atoms with van der Waals surface area (Å²) in [4.78, 5) is 0. The molecule has 0 fully saturated rings. The van der Waals surface area contributed by atoms with Crippen LogP contribution in [0.15, 0.2) is 0 Å². The molecule has 0 unspecified atom stereocenters. The van der Waals surface area contributed by atoms with E-state index in [1.165, 1.54) is 44.4 Å². The number of aromatic nitrogens is 1. The lowest BCUT2D eigenvalue weighted by Crippen LogP contribution is -2.02. The van der Waals surface area contributed by atoms with E-state index in [2.05, 4.69) is 46.2 Å². The highest BCUT2D eigenvalue weighted by Gasteiger charge is 2.18. The summed E-state index contributed by atoms with van der Waals surface area (Å²) in [6.07, 6.45) is 0. The van der Waals surface area contributed by atoms with Crippen molar-refractivity contribution < 1.29 is 4.74 Å². The van der Waals surface area contributed by atoms with Gasteiger partial charge in [-0.05, 0) is 69.4 Å². The molecule has 2 aromatic rings. The van der Waals surface area contributed by atoms with Crippen LogP contribution in [-0.2, 0) is 18.4 Å². The summed E-state index contributed by atoms with van der Waals surface area (Å²) in [7, 11) is 2.16. The van der Waals surface area contributed by atoms with E-state index < -0.39 is 0 Å². The standard InChI is InChI=1S/C17H25NO/c1-8-19-9-15-14(6)16-12(4)10(2)11(3)13(5)17(16)18(15)7/h8-9H2,1-7H3. The van der Waals surface area contributed by atoms with Gasteiger partial charge in [-0.1, -0.05) is 0 Å². The summed E-state index contributed by atoms with van der Waals surface area (Å²) in [6, 6.07) is 0.